The van der Waals surface area contributed by atoms with Crippen LogP contribution in [0.5, 0.6) is 0 Å². The van der Waals surface area contributed by atoms with E-state index in [1.54, 1.807) is 4.68 Å². The second-order valence-electron chi connectivity index (χ2n) is 7.71. The normalized spacial score (nSPS) is 21.0. The average Bonchev–Trinajstić information content (AvgIpc) is 3.37. The van der Waals surface area contributed by atoms with E-state index in [4.69, 9.17) is 5.10 Å². The molecule has 2 aliphatic rings. The highest BCUT2D eigenvalue weighted by atomic mass is 16.2. The number of piperidine rings is 1. The molecular formula is C23H22N4O2. The fourth-order valence-corrected chi connectivity index (χ4v) is 4.33. The lowest BCUT2D eigenvalue weighted by atomic mass is 9.93. The van der Waals surface area contributed by atoms with Crippen LogP contribution in [0.4, 0.5) is 0 Å². The van der Waals surface area contributed by atoms with Crippen LogP contribution in [0.3, 0.4) is 0 Å². The molecule has 2 amide bonds. The molecule has 29 heavy (non-hydrogen) atoms. The van der Waals surface area contributed by atoms with E-state index < -0.39 is 0 Å². The van der Waals surface area contributed by atoms with Crippen molar-refractivity contribution < 1.29 is 9.59 Å². The first-order chi connectivity index (χ1) is 14.2. The number of para-hydroxylation sites is 1. The lowest BCUT2D eigenvalue weighted by Gasteiger charge is -2.34. The Labute approximate surface area is 169 Å². The Kier molecular flexibility index (Phi) is 4.39. The molecule has 3 aromatic rings. The molecule has 0 saturated carbocycles. The van der Waals surface area contributed by atoms with Gasteiger partial charge in [-0.3, -0.25) is 9.59 Å². The Morgan fingerprint density at radius 2 is 1.76 bits per heavy atom. The zero-order valence-electron chi connectivity index (χ0n) is 16.0. The van der Waals surface area contributed by atoms with Crippen molar-refractivity contribution in [2.75, 3.05) is 13.1 Å². The van der Waals surface area contributed by atoms with Crippen molar-refractivity contribution in [1.82, 2.24) is 20.0 Å². The SMILES string of the molecule is O=C1C[C@@H]2CN(C(=O)c3cc(-c4ccccc4)nn3-c3ccccc3)CC[C@@H]2N1. The van der Waals surface area contributed by atoms with Gasteiger partial charge in [0.15, 0.2) is 0 Å². The van der Waals surface area contributed by atoms with Gasteiger partial charge in [-0.15, -0.1) is 0 Å². The number of carbonyl (C=O) groups is 2. The minimum absolute atomic E-state index is 0.0404. The molecule has 0 spiro atoms. The molecule has 2 aromatic carbocycles. The van der Waals surface area contributed by atoms with E-state index in [2.05, 4.69) is 5.32 Å². The van der Waals surface area contributed by atoms with E-state index in [0.29, 0.717) is 25.2 Å². The summed E-state index contributed by atoms with van der Waals surface area (Å²) in [5.41, 5.74) is 3.14. The van der Waals surface area contributed by atoms with E-state index in [1.807, 2.05) is 71.6 Å². The van der Waals surface area contributed by atoms with Crippen LogP contribution in [0.15, 0.2) is 66.7 Å². The third-order valence-electron chi connectivity index (χ3n) is 5.81. The maximum absolute atomic E-state index is 13.5. The number of nitrogens with zero attached hydrogens (tertiary/aromatic N) is 3. The van der Waals surface area contributed by atoms with Crippen molar-refractivity contribution in [2.45, 2.75) is 18.9 Å². The fraction of sp³-hybridized carbons (Fsp3) is 0.261. The number of benzene rings is 2. The topological polar surface area (TPSA) is 67.2 Å². The average molecular weight is 386 g/mol. The van der Waals surface area contributed by atoms with Crippen LogP contribution in [0.2, 0.25) is 0 Å². The molecule has 2 fully saturated rings. The molecule has 2 saturated heterocycles. The molecule has 6 nitrogen and oxygen atoms in total. The van der Waals surface area contributed by atoms with Crippen molar-refractivity contribution in [3.63, 3.8) is 0 Å². The summed E-state index contributed by atoms with van der Waals surface area (Å²) in [4.78, 5) is 27.1. The van der Waals surface area contributed by atoms with Gasteiger partial charge in [-0.1, -0.05) is 48.5 Å². The molecule has 146 valence electrons. The Balaban J connectivity index is 1.50. The molecule has 0 radical (unpaired) electrons. The van der Waals surface area contributed by atoms with Crippen molar-refractivity contribution in [1.29, 1.82) is 0 Å². The summed E-state index contributed by atoms with van der Waals surface area (Å²) in [6.45, 7) is 1.24. The summed E-state index contributed by atoms with van der Waals surface area (Å²) in [6.07, 6.45) is 1.30. The molecular weight excluding hydrogens is 364 g/mol. The Morgan fingerprint density at radius 1 is 1.03 bits per heavy atom. The van der Waals surface area contributed by atoms with Crippen molar-refractivity contribution in [3.8, 4) is 16.9 Å². The molecule has 2 aliphatic heterocycles. The highest BCUT2D eigenvalue weighted by Gasteiger charge is 2.39. The van der Waals surface area contributed by atoms with E-state index >= 15 is 0 Å². The third kappa shape index (κ3) is 3.31. The number of rotatable bonds is 3. The molecule has 2 atom stereocenters. The Hall–Kier alpha value is -3.41. The smallest absolute Gasteiger partial charge is 0.272 e. The zero-order valence-corrected chi connectivity index (χ0v) is 16.0. The summed E-state index contributed by atoms with van der Waals surface area (Å²) >= 11 is 0. The molecule has 0 bridgehead atoms. The van der Waals surface area contributed by atoms with Crippen LogP contribution in [0.1, 0.15) is 23.3 Å². The predicted octanol–water partition coefficient (Wildman–Crippen LogP) is 2.89. The van der Waals surface area contributed by atoms with E-state index in [1.165, 1.54) is 0 Å². The maximum Gasteiger partial charge on any atom is 0.272 e. The lowest BCUT2D eigenvalue weighted by Crippen LogP contribution is -2.47. The maximum atomic E-state index is 13.5. The van der Waals surface area contributed by atoms with Gasteiger partial charge in [0, 0.05) is 37.0 Å². The van der Waals surface area contributed by atoms with Gasteiger partial charge in [-0.25, -0.2) is 4.68 Å². The van der Waals surface area contributed by atoms with Crippen LogP contribution in [-0.4, -0.2) is 45.6 Å². The van der Waals surface area contributed by atoms with Gasteiger partial charge in [0.05, 0.1) is 11.4 Å². The lowest BCUT2D eigenvalue weighted by molar-refractivity contribution is -0.119. The molecule has 0 aliphatic carbocycles. The van der Waals surface area contributed by atoms with Crippen LogP contribution in [0.25, 0.3) is 16.9 Å². The first-order valence-electron chi connectivity index (χ1n) is 9.98. The van der Waals surface area contributed by atoms with Gasteiger partial charge < -0.3 is 10.2 Å². The summed E-state index contributed by atoms with van der Waals surface area (Å²) < 4.78 is 1.73. The minimum Gasteiger partial charge on any atom is -0.353 e. The van der Waals surface area contributed by atoms with E-state index in [0.717, 1.165) is 23.4 Å². The van der Waals surface area contributed by atoms with Gasteiger partial charge in [-0.05, 0) is 24.6 Å². The molecule has 3 heterocycles. The number of likely N-dealkylation sites (tertiary alicyclic amines) is 1. The van der Waals surface area contributed by atoms with Crippen molar-refractivity contribution in [2.24, 2.45) is 5.92 Å². The molecule has 5 rings (SSSR count). The van der Waals surface area contributed by atoms with Gasteiger partial charge in [0.1, 0.15) is 5.69 Å². The fourth-order valence-electron chi connectivity index (χ4n) is 4.33. The first kappa shape index (κ1) is 17.7. The van der Waals surface area contributed by atoms with Gasteiger partial charge in [0.25, 0.3) is 5.91 Å². The van der Waals surface area contributed by atoms with Crippen LogP contribution < -0.4 is 5.32 Å². The van der Waals surface area contributed by atoms with Crippen LogP contribution >= 0.6 is 0 Å². The predicted molar refractivity (Wildman–Crippen MR) is 110 cm³/mol. The van der Waals surface area contributed by atoms with Gasteiger partial charge in [-0.2, -0.15) is 5.10 Å². The van der Waals surface area contributed by atoms with E-state index in [9.17, 15) is 9.59 Å². The van der Waals surface area contributed by atoms with E-state index in [-0.39, 0.29) is 23.8 Å². The quantitative estimate of drug-likeness (QED) is 0.753. The standard InChI is InChI=1S/C23H22N4O2/c28-22-13-17-15-26(12-11-19(17)24-22)23(29)21-14-20(16-7-3-1-4-8-16)25-27(21)18-9-5-2-6-10-18/h1-10,14,17,19H,11-13,15H2,(H,24,28)/t17-,19+/m1/s1. The van der Waals surface area contributed by atoms with Crippen LogP contribution in [-0.2, 0) is 4.79 Å². The number of hydrogen-bond acceptors (Lipinski definition) is 3. The van der Waals surface area contributed by atoms with Crippen molar-refractivity contribution in [3.05, 3.63) is 72.4 Å². The van der Waals surface area contributed by atoms with Gasteiger partial charge in [0.2, 0.25) is 5.91 Å². The minimum atomic E-state index is -0.0404. The largest absolute Gasteiger partial charge is 0.353 e. The third-order valence-corrected chi connectivity index (χ3v) is 5.81. The highest BCUT2D eigenvalue weighted by molar-refractivity contribution is 5.94. The Bertz CT molecular complexity index is 1050. The summed E-state index contributed by atoms with van der Waals surface area (Å²) in [5.74, 6) is 0.248. The van der Waals surface area contributed by atoms with Crippen molar-refractivity contribution >= 4 is 11.8 Å². The second-order valence-corrected chi connectivity index (χ2v) is 7.71. The summed E-state index contributed by atoms with van der Waals surface area (Å²) in [5, 5.41) is 7.77. The van der Waals surface area contributed by atoms with Crippen LogP contribution in [0, 0.1) is 5.92 Å². The number of fused-ring (bicyclic) bond motifs is 1. The number of hydrogen-bond donors (Lipinski definition) is 1. The molecule has 6 heteroatoms. The first-order valence-corrected chi connectivity index (χ1v) is 9.98. The zero-order chi connectivity index (χ0) is 19.8. The molecule has 1 N–H and O–H groups in total. The number of amides is 2. The molecule has 1 aromatic heterocycles. The second kappa shape index (κ2) is 7.20. The van der Waals surface area contributed by atoms with Gasteiger partial charge >= 0.3 is 0 Å². The molecule has 0 unspecified atom stereocenters. The monoisotopic (exact) mass is 386 g/mol. The Morgan fingerprint density at radius 3 is 2.52 bits per heavy atom. The highest BCUT2D eigenvalue weighted by Crippen LogP contribution is 2.28. The number of nitrogens with one attached hydrogen (secondary N) is 1. The number of aromatic nitrogens is 2. The summed E-state index contributed by atoms with van der Waals surface area (Å²) in [6, 6.07) is 21.7. The number of carbonyl (C=O) groups excluding carboxylic acids is 2. The summed E-state index contributed by atoms with van der Waals surface area (Å²) in [7, 11) is 0.